The van der Waals surface area contributed by atoms with E-state index in [1.165, 1.54) is 4.70 Å². The van der Waals surface area contributed by atoms with Gasteiger partial charge in [-0.15, -0.1) is 11.3 Å². The van der Waals surface area contributed by atoms with Crippen molar-refractivity contribution in [1.29, 1.82) is 0 Å². The van der Waals surface area contributed by atoms with Crippen molar-refractivity contribution in [3.63, 3.8) is 0 Å². The molecule has 0 aliphatic carbocycles. The van der Waals surface area contributed by atoms with Gasteiger partial charge in [-0.3, -0.25) is 14.5 Å². The van der Waals surface area contributed by atoms with Gasteiger partial charge in [0.25, 0.3) is 5.91 Å². The maximum atomic E-state index is 13.5. The molecule has 4 amide bonds. The van der Waals surface area contributed by atoms with Crippen molar-refractivity contribution in [2.45, 2.75) is 31.2 Å². The van der Waals surface area contributed by atoms with Crippen molar-refractivity contribution in [1.82, 2.24) is 20.1 Å². The first kappa shape index (κ1) is 22.7. The fourth-order valence-corrected chi connectivity index (χ4v) is 6.50. The van der Waals surface area contributed by atoms with Crippen molar-refractivity contribution in [3.8, 4) is 0 Å². The molecule has 8 heteroatoms. The summed E-state index contributed by atoms with van der Waals surface area (Å²) >= 11 is 1.72. The van der Waals surface area contributed by atoms with Crippen LogP contribution in [0.1, 0.15) is 36.3 Å². The number of fused-ring (bicyclic) bond motifs is 2. The largest absolute Gasteiger partial charge is 0.341 e. The Kier molecular flexibility index (Phi) is 5.48. The van der Waals surface area contributed by atoms with E-state index in [-0.39, 0.29) is 12.5 Å². The van der Waals surface area contributed by atoms with E-state index in [1.54, 1.807) is 23.2 Å². The number of carbonyl (C=O) groups is 3. The number of rotatable bonds is 4. The second kappa shape index (κ2) is 8.71. The molecule has 2 aliphatic heterocycles. The van der Waals surface area contributed by atoms with Gasteiger partial charge in [0.15, 0.2) is 0 Å². The van der Waals surface area contributed by atoms with Crippen LogP contribution < -0.4 is 5.32 Å². The summed E-state index contributed by atoms with van der Waals surface area (Å²) in [6, 6.07) is 21.1. The molecule has 0 saturated carbocycles. The Bertz CT molecular complexity index is 1470. The molecule has 1 N–H and O–H groups in total. The van der Waals surface area contributed by atoms with Gasteiger partial charge in [-0.05, 0) is 48.2 Å². The summed E-state index contributed by atoms with van der Waals surface area (Å²) < 4.78 is 1.18. The number of amides is 4. The van der Waals surface area contributed by atoms with E-state index < -0.39 is 17.5 Å². The van der Waals surface area contributed by atoms with Gasteiger partial charge in [-0.25, -0.2) is 9.78 Å². The molecule has 1 aromatic heterocycles. The van der Waals surface area contributed by atoms with Gasteiger partial charge in [0, 0.05) is 19.0 Å². The second-order valence-electron chi connectivity index (χ2n) is 9.65. The van der Waals surface area contributed by atoms with Crippen LogP contribution >= 0.6 is 11.3 Å². The standard InChI is InChI=1S/C28H26N4O3S/c1-28(21-10-6-8-18-7-2-3-9-20(18)21)26(34)32(27(35)30-28)17-24(33)31-15-13-19(14-16-31)25-29-22-11-4-5-12-23(22)36-25/h2-12,19H,13-17H2,1H3,(H,30,35). The maximum Gasteiger partial charge on any atom is 0.325 e. The Morgan fingerprint density at radius 3 is 2.56 bits per heavy atom. The summed E-state index contributed by atoms with van der Waals surface area (Å²) in [5, 5.41) is 5.86. The Balaban J connectivity index is 1.14. The summed E-state index contributed by atoms with van der Waals surface area (Å²) in [6.45, 7) is 2.63. The lowest BCUT2D eigenvalue weighted by molar-refractivity contribution is -0.139. The van der Waals surface area contributed by atoms with Crippen LogP contribution in [0.5, 0.6) is 0 Å². The van der Waals surface area contributed by atoms with Gasteiger partial charge in [0.05, 0.1) is 15.2 Å². The summed E-state index contributed by atoms with van der Waals surface area (Å²) in [7, 11) is 0. The van der Waals surface area contributed by atoms with Crippen LogP contribution in [0, 0.1) is 0 Å². The number of carbonyl (C=O) groups excluding carboxylic acids is 3. The second-order valence-corrected chi connectivity index (χ2v) is 10.7. The number of para-hydroxylation sites is 1. The Morgan fingerprint density at radius 1 is 1.03 bits per heavy atom. The Labute approximate surface area is 212 Å². The summed E-state index contributed by atoms with van der Waals surface area (Å²) in [5.41, 5.74) is 0.521. The van der Waals surface area contributed by atoms with E-state index in [9.17, 15) is 14.4 Å². The van der Waals surface area contributed by atoms with Crippen molar-refractivity contribution in [2.24, 2.45) is 0 Å². The van der Waals surface area contributed by atoms with Crippen molar-refractivity contribution < 1.29 is 14.4 Å². The number of likely N-dealkylation sites (tertiary alicyclic amines) is 1. The highest BCUT2D eigenvalue weighted by atomic mass is 32.1. The average molecular weight is 499 g/mol. The molecule has 6 rings (SSSR count). The SMILES string of the molecule is CC1(c2cccc3ccccc23)NC(=O)N(CC(=O)N2CCC(c3nc4ccccc4s3)CC2)C1=O. The van der Waals surface area contributed by atoms with Crippen molar-refractivity contribution >= 4 is 50.2 Å². The Morgan fingerprint density at radius 2 is 1.75 bits per heavy atom. The third-order valence-electron chi connectivity index (χ3n) is 7.40. The van der Waals surface area contributed by atoms with E-state index in [4.69, 9.17) is 4.98 Å². The zero-order valence-electron chi connectivity index (χ0n) is 19.9. The molecule has 1 unspecified atom stereocenters. The first-order chi connectivity index (χ1) is 17.4. The predicted molar refractivity (Wildman–Crippen MR) is 140 cm³/mol. The molecule has 3 heterocycles. The first-order valence-electron chi connectivity index (χ1n) is 12.2. The predicted octanol–water partition coefficient (Wildman–Crippen LogP) is 4.62. The normalized spacial score (nSPS) is 20.9. The molecule has 36 heavy (non-hydrogen) atoms. The van der Waals surface area contributed by atoms with Crippen molar-refractivity contribution in [2.75, 3.05) is 19.6 Å². The van der Waals surface area contributed by atoms with Crippen LogP contribution in [-0.2, 0) is 15.1 Å². The third-order valence-corrected chi connectivity index (χ3v) is 8.60. The fraction of sp³-hybridized carbons (Fsp3) is 0.286. The highest BCUT2D eigenvalue weighted by Crippen LogP contribution is 2.35. The number of imide groups is 1. The van der Waals surface area contributed by atoms with Crippen LogP contribution in [0.15, 0.2) is 66.7 Å². The van der Waals surface area contributed by atoms with Crippen LogP contribution in [0.2, 0.25) is 0 Å². The monoisotopic (exact) mass is 498 g/mol. The highest BCUT2D eigenvalue weighted by Gasteiger charge is 2.50. The molecule has 2 fully saturated rings. The number of urea groups is 1. The molecule has 0 spiro atoms. The summed E-state index contributed by atoms with van der Waals surface area (Å²) in [5.74, 6) is -0.289. The van der Waals surface area contributed by atoms with Crippen LogP contribution in [0.4, 0.5) is 4.79 Å². The lowest BCUT2D eigenvalue weighted by Crippen LogP contribution is -2.46. The minimum Gasteiger partial charge on any atom is -0.341 e. The molecule has 3 aromatic carbocycles. The number of aromatic nitrogens is 1. The zero-order chi connectivity index (χ0) is 24.9. The zero-order valence-corrected chi connectivity index (χ0v) is 20.8. The molecular weight excluding hydrogens is 472 g/mol. The number of benzene rings is 3. The van der Waals surface area contributed by atoms with Gasteiger partial charge < -0.3 is 10.2 Å². The molecule has 0 bridgehead atoms. The minimum atomic E-state index is -1.22. The van der Waals surface area contributed by atoms with E-state index >= 15 is 0 Å². The van der Waals surface area contributed by atoms with E-state index in [0.717, 1.165) is 44.6 Å². The molecular formula is C28H26N4O3S. The lowest BCUT2D eigenvalue weighted by Gasteiger charge is -2.32. The molecule has 4 aromatic rings. The van der Waals surface area contributed by atoms with Crippen molar-refractivity contribution in [3.05, 3.63) is 77.3 Å². The fourth-order valence-electron chi connectivity index (χ4n) is 5.36. The number of piperidine rings is 1. The van der Waals surface area contributed by atoms with Gasteiger partial charge in [-0.2, -0.15) is 0 Å². The highest BCUT2D eigenvalue weighted by molar-refractivity contribution is 7.18. The number of nitrogens with one attached hydrogen (secondary N) is 1. The van der Waals surface area contributed by atoms with Gasteiger partial charge in [0.1, 0.15) is 12.1 Å². The quantitative estimate of drug-likeness (QED) is 0.416. The van der Waals surface area contributed by atoms with Crippen LogP contribution in [0.3, 0.4) is 0 Å². The van der Waals surface area contributed by atoms with E-state index in [1.807, 2.05) is 60.7 Å². The number of hydrogen-bond donors (Lipinski definition) is 1. The lowest BCUT2D eigenvalue weighted by atomic mass is 9.88. The molecule has 0 radical (unpaired) electrons. The smallest absolute Gasteiger partial charge is 0.325 e. The Hall–Kier alpha value is -3.78. The van der Waals surface area contributed by atoms with E-state index in [0.29, 0.717) is 19.0 Å². The van der Waals surface area contributed by atoms with Gasteiger partial charge in [0.2, 0.25) is 5.91 Å². The maximum absolute atomic E-state index is 13.5. The van der Waals surface area contributed by atoms with Crippen LogP contribution in [-0.4, -0.2) is 52.3 Å². The topological polar surface area (TPSA) is 82.6 Å². The van der Waals surface area contributed by atoms with Gasteiger partial charge in [-0.1, -0.05) is 54.6 Å². The minimum absolute atomic E-state index is 0.205. The average Bonchev–Trinajstić information content (AvgIpc) is 3.43. The number of nitrogens with zero attached hydrogens (tertiary/aromatic N) is 3. The molecule has 2 saturated heterocycles. The molecule has 1 atom stereocenters. The summed E-state index contributed by atoms with van der Waals surface area (Å²) in [6.07, 6.45) is 1.64. The third kappa shape index (κ3) is 3.73. The molecule has 7 nitrogen and oxygen atoms in total. The first-order valence-corrected chi connectivity index (χ1v) is 13.0. The number of hydrogen-bond acceptors (Lipinski definition) is 5. The molecule has 182 valence electrons. The van der Waals surface area contributed by atoms with E-state index in [2.05, 4.69) is 11.4 Å². The van der Waals surface area contributed by atoms with Gasteiger partial charge >= 0.3 is 6.03 Å². The summed E-state index contributed by atoms with van der Waals surface area (Å²) in [4.78, 5) is 47.1. The molecule has 2 aliphatic rings. The van der Waals surface area contributed by atoms with Crippen LogP contribution in [0.25, 0.3) is 21.0 Å². The number of thiazole rings is 1.